The van der Waals surface area contributed by atoms with Crippen LogP contribution in [0.3, 0.4) is 0 Å². The first-order chi connectivity index (χ1) is 13.5. The van der Waals surface area contributed by atoms with Crippen molar-refractivity contribution in [2.24, 2.45) is 0 Å². The van der Waals surface area contributed by atoms with E-state index in [1.807, 2.05) is 12.1 Å². The van der Waals surface area contributed by atoms with Gasteiger partial charge in [0.15, 0.2) is 0 Å². The number of nitrogens with zero attached hydrogens (tertiary/aromatic N) is 1. The summed E-state index contributed by atoms with van der Waals surface area (Å²) in [6.45, 7) is 0.763. The third-order valence-corrected chi connectivity index (χ3v) is 6.37. The fourth-order valence-electron chi connectivity index (χ4n) is 3.60. The number of rotatable bonds is 7. The number of amides is 2. The number of nitrogens with one attached hydrogen (secondary N) is 2. The maximum absolute atomic E-state index is 12.8. The van der Waals surface area contributed by atoms with Crippen molar-refractivity contribution in [3.8, 4) is 0 Å². The Labute approximate surface area is 173 Å². The van der Waals surface area contributed by atoms with Crippen LogP contribution in [0.1, 0.15) is 30.7 Å². The van der Waals surface area contributed by atoms with Gasteiger partial charge in [-0.3, -0.25) is 14.9 Å². The van der Waals surface area contributed by atoms with Gasteiger partial charge in [0.1, 0.15) is 6.04 Å². The molecule has 3 N–H and O–H groups in total. The molecule has 9 heteroatoms. The summed E-state index contributed by atoms with van der Waals surface area (Å²) in [6, 6.07) is 6.21. The molecular weight excluding hydrogens is 402 g/mol. The zero-order valence-electron chi connectivity index (χ0n) is 15.4. The van der Waals surface area contributed by atoms with Gasteiger partial charge in [-0.15, -0.1) is 11.8 Å². The van der Waals surface area contributed by atoms with Crippen molar-refractivity contribution in [3.63, 3.8) is 0 Å². The minimum Gasteiger partial charge on any atom is -0.480 e. The number of likely N-dealkylation sites (tertiary alicyclic amines) is 1. The smallest absolute Gasteiger partial charge is 0.326 e. The van der Waals surface area contributed by atoms with Gasteiger partial charge >= 0.3 is 5.97 Å². The molecule has 0 saturated carbocycles. The minimum atomic E-state index is -0.966. The van der Waals surface area contributed by atoms with Crippen LogP contribution in [0.15, 0.2) is 24.3 Å². The molecular formula is C19H24ClN3O4S. The van der Waals surface area contributed by atoms with Crippen molar-refractivity contribution in [1.29, 1.82) is 0 Å². The largest absolute Gasteiger partial charge is 0.480 e. The van der Waals surface area contributed by atoms with E-state index in [0.717, 1.165) is 17.2 Å². The van der Waals surface area contributed by atoms with Gasteiger partial charge in [-0.1, -0.05) is 23.7 Å². The normalized spacial score (nSPS) is 22.8. The van der Waals surface area contributed by atoms with Crippen molar-refractivity contribution >= 4 is 41.1 Å². The highest BCUT2D eigenvalue weighted by Crippen LogP contribution is 2.25. The molecule has 1 aromatic carbocycles. The van der Waals surface area contributed by atoms with Crippen LogP contribution in [0.25, 0.3) is 0 Å². The lowest BCUT2D eigenvalue weighted by atomic mass is 9.94. The Balaban J connectivity index is 1.68. The van der Waals surface area contributed by atoms with E-state index in [1.54, 1.807) is 23.9 Å². The second-order valence-corrected chi connectivity index (χ2v) is 8.52. The Morgan fingerprint density at radius 3 is 2.71 bits per heavy atom. The second kappa shape index (κ2) is 9.62. The molecule has 2 amide bonds. The summed E-state index contributed by atoms with van der Waals surface area (Å²) in [5.41, 5.74) is 0.887. The Kier molecular flexibility index (Phi) is 7.20. The summed E-state index contributed by atoms with van der Waals surface area (Å²) in [6.07, 6.45) is 1.31. The van der Waals surface area contributed by atoms with Gasteiger partial charge in [-0.25, -0.2) is 4.79 Å². The van der Waals surface area contributed by atoms with Crippen LogP contribution in [-0.2, 0) is 14.4 Å². The van der Waals surface area contributed by atoms with Crippen LogP contribution in [0.4, 0.5) is 0 Å². The number of halogens is 1. The standard InChI is InChI=1S/C19H24ClN3O4S/c20-14-5-3-12(4-6-14)13(9-21-18(25)15-10-28-11-22-15)8-17(24)23-7-1-2-16(23)19(26)27/h3-6,13,15-16,22H,1-2,7-11H2,(H,21,25)(H,26,27)/t13-,15+,16-/m0/s1. The van der Waals surface area contributed by atoms with E-state index in [1.165, 1.54) is 4.90 Å². The van der Waals surface area contributed by atoms with E-state index in [-0.39, 0.29) is 30.2 Å². The molecule has 2 aliphatic rings. The number of thioether (sulfide) groups is 1. The molecule has 7 nitrogen and oxygen atoms in total. The topological polar surface area (TPSA) is 98.7 Å². The van der Waals surface area contributed by atoms with Gasteiger partial charge in [0.05, 0.1) is 6.04 Å². The third-order valence-electron chi connectivity index (χ3n) is 5.18. The van der Waals surface area contributed by atoms with Crippen molar-refractivity contribution in [2.75, 3.05) is 24.7 Å². The molecule has 0 aliphatic carbocycles. The summed E-state index contributed by atoms with van der Waals surface area (Å²) in [5.74, 6) is -0.0212. The third kappa shape index (κ3) is 5.18. The van der Waals surface area contributed by atoms with Gasteiger partial charge in [-0.2, -0.15) is 0 Å². The summed E-state index contributed by atoms with van der Waals surface area (Å²) in [4.78, 5) is 38.0. The Bertz CT molecular complexity index is 724. The first kappa shape index (κ1) is 21.0. The highest BCUT2D eigenvalue weighted by Gasteiger charge is 2.35. The number of carbonyl (C=O) groups excluding carboxylic acids is 2. The molecule has 28 heavy (non-hydrogen) atoms. The Morgan fingerprint density at radius 1 is 1.32 bits per heavy atom. The van der Waals surface area contributed by atoms with Crippen molar-refractivity contribution in [1.82, 2.24) is 15.5 Å². The summed E-state index contributed by atoms with van der Waals surface area (Å²) >= 11 is 7.64. The van der Waals surface area contributed by atoms with Crippen molar-refractivity contribution < 1.29 is 19.5 Å². The van der Waals surface area contributed by atoms with Crippen LogP contribution in [0.2, 0.25) is 5.02 Å². The Hall–Kier alpha value is -1.77. The number of carboxylic acid groups (broad SMARTS) is 1. The number of aliphatic carboxylic acids is 1. The minimum absolute atomic E-state index is 0.0824. The highest BCUT2D eigenvalue weighted by molar-refractivity contribution is 7.99. The molecule has 3 atom stereocenters. The van der Waals surface area contributed by atoms with Gasteiger partial charge in [0.25, 0.3) is 0 Å². The van der Waals surface area contributed by atoms with Gasteiger partial charge in [-0.05, 0) is 30.5 Å². The van der Waals surface area contributed by atoms with Crippen LogP contribution in [0.5, 0.6) is 0 Å². The van der Waals surface area contributed by atoms with E-state index >= 15 is 0 Å². The number of hydrogen-bond donors (Lipinski definition) is 3. The molecule has 0 unspecified atom stereocenters. The van der Waals surface area contributed by atoms with E-state index in [2.05, 4.69) is 10.6 Å². The lowest BCUT2D eigenvalue weighted by Gasteiger charge is -2.25. The fourth-order valence-corrected chi connectivity index (χ4v) is 4.67. The Morgan fingerprint density at radius 2 is 2.07 bits per heavy atom. The number of benzene rings is 1. The zero-order chi connectivity index (χ0) is 20.1. The molecule has 1 aromatic rings. The lowest BCUT2D eigenvalue weighted by Crippen LogP contribution is -2.44. The summed E-state index contributed by atoms with van der Waals surface area (Å²) < 4.78 is 0. The van der Waals surface area contributed by atoms with Crippen LogP contribution < -0.4 is 10.6 Å². The number of hydrogen-bond acceptors (Lipinski definition) is 5. The molecule has 3 rings (SSSR count). The molecule has 0 radical (unpaired) electrons. The molecule has 0 spiro atoms. The first-order valence-electron chi connectivity index (χ1n) is 9.32. The van der Waals surface area contributed by atoms with Crippen LogP contribution in [-0.4, -0.2) is 64.6 Å². The predicted molar refractivity (Wildman–Crippen MR) is 108 cm³/mol. The predicted octanol–water partition coefficient (Wildman–Crippen LogP) is 1.67. The average molecular weight is 426 g/mol. The molecule has 2 aliphatic heterocycles. The first-order valence-corrected chi connectivity index (χ1v) is 10.9. The molecule has 0 aromatic heterocycles. The highest BCUT2D eigenvalue weighted by atomic mass is 35.5. The summed E-state index contributed by atoms with van der Waals surface area (Å²) in [5, 5.41) is 16.0. The fraction of sp³-hybridized carbons (Fsp3) is 0.526. The molecule has 2 fully saturated rings. The molecule has 2 saturated heterocycles. The van der Waals surface area contributed by atoms with Gasteiger partial charge < -0.3 is 15.3 Å². The number of carboxylic acids is 1. The zero-order valence-corrected chi connectivity index (χ0v) is 17.0. The van der Waals surface area contributed by atoms with E-state index in [9.17, 15) is 19.5 Å². The molecule has 0 bridgehead atoms. The molecule has 2 heterocycles. The maximum Gasteiger partial charge on any atom is 0.326 e. The van der Waals surface area contributed by atoms with E-state index in [4.69, 9.17) is 11.6 Å². The van der Waals surface area contributed by atoms with Crippen LogP contribution in [0, 0.1) is 0 Å². The second-order valence-electron chi connectivity index (χ2n) is 7.05. The van der Waals surface area contributed by atoms with Crippen LogP contribution >= 0.6 is 23.4 Å². The van der Waals surface area contributed by atoms with Gasteiger partial charge in [0, 0.05) is 42.1 Å². The van der Waals surface area contributed by atoms with Crippen molar-refractivity contribution in [3.05, 3.63) is 34.9 Å². The summed E-state index contributed by atoms with van der Waals surface area (Å²) in [7, 11) is 0. The monoisotopic (exact) mass is 425 g/mol. The van der Waals surface area contributed by atoms with E-state index < -0.39 is 12.0 Å². The molecule has 152 valence electrons. The number of carbonyl (C=O) groups is 3. The van der Waals surface area contributed by atoms with E-state index in [0.29, 0.717) is 31.0 Å². The van der Waals surface area contributed by atoms with Crippen molar-refractivity contribution in [2.45, 2.75) is 37.3 Å². The maximum atomic E-state index is 12.8. The van der Waals surface area contributed by atoms with Gasteiger partial charge in [0.2, 0.25) is 11.8 Å². The lowest BCUT2D eigenvalue weighted by molar-refractivity contribution is -0.148. The average Bonchev–Trinajstić information content (AvgIpc) is 3.37. The quantitative estimate of drug-likeness (QED) is 0.614. The SMILES string of the molecule is O=C(NC[C@H](CC(=O)N1CCC[C@H]1C(=O)O)c1ccc(Cl)cc1)[C@H]1CSCN1.